The zero-order valence-electron chi connectivity index (χ0n) is 11.9. The summed E-state index contributed by atoms with van der Waals surface area (Å²) in [6, 6.07) is 0. The lowest BCUT2D eigenvalue weighted by atomic mass is 10.3. The number of guanidine groups is 1. The monoisotopic (exact) mass is 368 g/mol. The number of unbranched alkanes of at least 4 members (excludes halogenated alkanes) is 1. The van der Waals surface area contributed by atoms with Crippen molar-refractivity contribution in [1.29, 1.82) is 0 Å². The molecule has 1 aliphatic rings. The van der Waals surface area contributed by atoms with Crippen molar-refractivity contribution in [3.05, 3.63) is 0 Å². The Morgan fingerprint density at radius 2 is 1.67 bits per heavy atom. The van der Waals surface area contributed by atoms with Crippen LogP contribution in [-0.2, 0) is 0 Å². The van der Waals surface area contributed by atoms with E-state index in [4.69, 9.17) is 0 Å². The Balaban J connectivity index is 0.00000289. The van der Waals surface area contributed by atoms with Gasteiger partial charge in [-0.15, -0.1) is 24.0 Å². The van der Waals surface area contributed by atoms with Gasteiger partial charge in [-0.2, -0.15) is 0 Å². The highest BCUT2D eigenvalue weighted by molar-refractivity contribution is 14.0. The smallest absolute Gasteiger partial charge is 0.191 e. The van der Waals surface area contributed by atoms with Crippen LogP contribution in [0.4, 0.5) is 0 Å². The summed E-state index contributed by atoms with van der Waals surface area (Å²) in [6.07, 6.45) is 5.25. The third-order valence-corrected chi connectivity index (χ3v) is 3.04. The molecule has 108 valence electrons. The van der Waals surface area contributed by atoms with Gasteiger partial charge in [0, 0.05) is 19.6 Å². The van der Waals surface area contributed by atoms with Gasteiger partial charge in [0.25, 0.3) is 0 Å². The van der Waals surface area contributed by atoms with E-state index < -0.39 is 0 Å². The van der Waals surface area contributed by atoms with Crippen LogP contribution in [-0.4, -0.2) is 50.1 Å². The van der Waals surface area contributed by atoms with E-state index in [1.54, 1.807) is 0 Å². The summed E-state index contributed by atoms with van der Waals surface area (Å²) < 4.78 is 0. The van der Waals surface area contributed by atoms with Crippen molar-refractivity contribution in [1.82, 2.24) is 15.5 Å². The minimum atomic E-state index is 0. The van der Waals surface area contributed by atoms with E-state index in [9.17, 15) is 0 Å². The van der Waals surface area contributed by atoms with Crippen molar-refractivity contribution >= 4 is 29.9 Å². The highest BCUT2D eigenvalue weighted by Gasteiger charge is 2.09. The Kier molecular flexibility index (Phi) is 12.0. The molecule has 1 heterocycles. The van der Waals surface area contributed by atoms with Crippen LogP contribution in [0.3, 0.4) is 0 Å². The zero-order valence-corrected chi connectivity index (χ0v) is 14.2. The molecular weight excluding hydrogens is 339 g/mol. The SMILES string of the molecule is CCNC(=NCCCCN1CCCC1)NCC.I. The number of nitrogens with one attached hydrogen (secondary N) is 2. The normalized spacial score (nSPS) is 15.0. The van der Waals surface area contributed by atoms with E-state index in [0.717, 1.165) is 25.6 Å². The first-order chi connectivity index (χ1) is 8.36. The Bertz CT molecular complexity index is 207. The van der Waals surface area contributed by atoms with E-state index in [-0.39, 0.29) is 24.0 Å². The van der Waals surface area contributed by atoms with Crippen molar-refractivity contribution in [2.45, 2.75) is 39.5 Å². The number of rotatable bonds is 7. The third kappa shape index (κ3) is 8.13. The summed E-state index contributed by atoms with van der Waals surface area (Å²) in [7, 11) is 0. The summed E-state index contributed by atoms with van der Waals surface area (Å²) in [6.45, 7) is 10.9. The first-order valence-corrected chi connectivity index (χ1v) is 7.11. The number of likely N-dealkylation sites (tertiary alicyclic amines) is 1. The Hall–Kier alpha value is -0.0400. The largest absolute Gasteiger partial charge is 0.357 e. The van der Waals surface area contributed by atoms with Crippen molar-refractivity contribution < 1.29 is 0 Å². The van der Waals surface area contributed by atoms with Crippen LogP contribution in [0, 0.1) is 0 Å². The minimum Gasteiger partial charge on any atom is -0.357 e. The highest BCUT2D eigenvalue weighted by atomic mass is 127. The summed E-state index contributed by atoms with van der Waals surface area (Å²) in [4.78, 5) is 7.11. The molecule has 0 aromatic heterocycles. The van der Waals surface area contributed by atoms with Crippen LogP contribution >= 0.6 is 24.0 Å². The second-order valence-corrected chi connectivity index (χ2v) is 4.55. The van der Waals surface area contributed by atoms with Gasteiger partial charge in [0.15, 0.2) is 5.96 Å². The maximum atomic E-state index is 4.54. The molecule has 0 aliphatic carbocycles. The lowest BCUT2D eigenvalue weighted by Gasteiger charge is -2.13. The van der Waals surface area contributed by atoms with Gasteiger partial charge in [0.05, 0.1) is 0 Å². The molecule has 0 bridgehead atoms. The van der Waals surface area contributed by atoms with Gasteiger partial charge in [-0.05, 0) is 59.2 Å². The lowest BCUT2D eigenvalue weighted by Crippen LogP contribution is -2.37. The molecule has 0 radical (unpaired) electrons. The van der Waals surface area contributed by atoms with E-state index in [1.165, 1.54) is 45.3 Å². The van der Waals surface area contributed by atoms with Gasteiger partial charge in [0.2, 0.25) is 0 Å². The molecule has 1 aliphatic heterocycles. The predicted molar refractivity (Wildman–Crippen MR) is 90.0 cm³/mol. The van der Waals surface area contributed by atoms with Crippen molar-refractivity contribution in [3.63, 3.8) is 0 Å². The fourth-order valence-electron chi connectivity index (χ4n) is 2.15. The second kappa shape index (κ2) is 12.0. The third-order valence-electron chi connectivity index (χ3n) is 3.04. The molecule has 0 atom stereocenters. The predicted octanol–water partition coefficient (Wildman–Crippen LogP) is 2.06. The van der Waals surface area contributed by atoms with Gasteiger partial charge >= 0.3 is 0 Å². The minimum absolute atomic E-state index is 0. The van der Waals surface area contributed by atoms with Crippen LogP contribution < -0.4 is 10.6 Å². The zero-order chi connectivity index (χ0) is 12.3. The highest BCUT2D eigenvalue weighted by Crippen LogP contribution is 2.08. The maximum absolute atomic E-state index is 4.54. The summed E-state index contributed by atoms with van der Waals surface area (Å²) >= 11 is 0. The lowest BCUT2D eigenvalue weighted by molar-refractivity contribution is 0.331. The molecule has 0 aromatic rings. The first kappa shape index (κ1) is 18.0. The molecule has 0 aromatic carbocycles. The van der Waals surface area contributed by atoms with Gasteiger partial charge in [-0.3, -0.25) is 4.99 Å². The van der Waals surface area contributed by atoms with Gasteiger partial charge < -0.3 is 15.5 Å². The van der Waals surface area contributed by atoms with Gasteiger partial charge in [0.1, 0.15) is 0 Å². The van der Waals surface area contributed by atoms with Gasteiger partial charge in [-0.1, -0.05) is 0 Å². The van der Waals surface area contributed by atoms with Crippen molar-refractivity contribution in [2.75, 3.05) is 39.3 Å². The molecule has 0 saturated carbocycles. The van der Waals surface area contributed by atoms with E-state index >= 15 is 0 Å². The van der Waals surface area contributed by atoms with E-state index in [0.29, 0.717) is 0 Å². The van der Waals surface area contributed by atoms with Gasteiger partial charge in [-0.25, -0.2) is 0 Å². The second-order valence-electron chi connectivity index (χ2n) is 4.55. The molecule has 1 fully saturated rings. The molecular formula is C13H29IN4. The maximum Gasteiger partial charge on any atom is 0.191 e. The molecule has 0 spiro atoms. The van der Waals surface area contributed by atoms with E-state index in [2.05, 4.69) is 34.4 Å². The van der Waals surface area contributed by atoms with Crippen LogP contribution in [0.2, 0.25) is 0 Å². The van der Waals surface area contributed by atoms with Crippen LogP contribution in [0.25, 0.3) is 0 Å². The van der Waals surface area contributed by atoms with Crippen LogP contribution in [0.5, 0.6) is 0 Å². The Morgan fingerprint density at radius 3 is 2.22 bits per heavy atom. The molecule has 5 heteroatoms. The van der Waals surface area contributed by atoms with E-state index in [1.807, 2.05) is 0 Å². The van der Waals surface area contributed by atoms with Crippen LogP contribution in [0.1, 0.15) is 39.5 Å². The number of halogens is 1. The number of hydrogen-bond acceptors (Lipinski definition) is 2. The fraction of sp³-hybridized carbons (Fsp3) is 0.923. The molecule has 4 nitrogen and oxygen atoms in total. The molecule has 2 N–H and O–H groups in total. The molecule has 1 rings (SSSR count). The molecule has 0 amide bonds. The summed E-state index contributed by atoms with van der Waals surface area (Å²) in [5, 5.41) is 6.49. The number of hydrogen-bond donors (Lipinski definition) is 2. The summed E-state index contributed by atoms with van der Waals surface area (Å²) in [5.74, 6) is 0.955. The quantitative estimate of drug-likeness (QED) is 0.313. The number of nitrogens with zero attached hydrogens (tertiary/aromatic N) is 2. The molecule has 1 saturated heterocycles. The Labute approximate surface area is 129 Å². The summed E-state index contributed by atoms with van der Waals surface area (Å²) in [5.41, 5.74) is 0. The van der Waals surface area contributed by atoms with Crippen molar-refractivity contribution in [3.8, 4) is 0 Å². The first-order valence-electron chi connectivity index (χ1n) is 7.11. The molecule has 18 heavy (non-hydrogen) atoms. The molecule has 0 unspecified atom stereocenters. The average Bonchev–Trinajstić information content (AvgIpc) is 2.82. The van der Waals surface area contributed by atoms with Crippen LogP contribution in [0.15, 0.2) is 4.99 Å². The van der Waals surface area contributed by atoms with Crippen molar-refractivity contribution in [2.24, 2.45) is 4.99 Å². The Morgan fingerprint density at radius 1 is 1.06 bits per heavy atom. The topological polar surface area (TPSA) is 39.7 Å². The number of aliphatic imine (C=N–C) groups is 1. The standard InChI is InChI=1S/C13H28N4.HI/c1-3-14-13(15-4-2)16-9-5-6-10-17-11-7-8-12-17;/h3-12H2,1-2H3,(H2,14,15,16);1H. The average molecular weight is 368 g/mol. The fourth-order valence-corrected chi connectivity index (χ4v) is 2.15.